The summed E-state index contributed by atoms with van der Waals surface area (Å²) in [5.41, 5.74) is -1.28. The van der Waals surface area contributed by atoms with Crippen molar-refractivity contribution in [3.63, 3.8) is 0 Å². The van der Waals surface area contributed by atoms with Gasteiger partial charge >= 0.3 is 17.9 Å². The number of hydrogen-bond acceptors (Lipinski definition) is 7. The Kier molecular flexibility index (Phi) is 19.3. The molecule has 250 valence electrons. The van der Waals surface area contributed by atoms with Gasteiger partial charge in [0.05, 0.1) is 36.1 Å². The summed E-state index contributed by atoms with van der Waals surface area (Å²) in [6.45, 7) is 21.1. The molecule has 8 nitrogen and oxygen atoms in total. The van der Waals surface area contributed by atoms with Crippen LogP contribution in [0.4, 0.5) is 0 Å². The maximum atomic E-state index is 11.8. The van der Waals surface area contributed by atoms with Crippen LogP contribution < -0.4 is 4.74 Å². The third-order valence-corrected chi connectivity index (χ3v) is 7.74. The van der Waals surface area contributed by atoms with Gasteiger partial charge in [0.2, 0.25) is 0 Å². The molecule has 0 atom stereocenters. The van der Waals surface area contributed by atoms with Crippen molar-refractivity contribution in [1.29, 1.82) is 0 Å². The maximum Gasteiger partial charge on any atom is 0.311 e. The molecule has 0 fully saturated rings. The van der Waals surface area contributed by atoms with Gasteiger partial charge in [-0.05, 0) is 90.1 Å². The summed E-state index contributed by atoms with van der Waals surface area (Å²) < 4.78 is 21.4. The number of fused-ring (bicyclic) bond motifs is 1. The normalized spacial score (nSPS) is 11.4. The minimum absolute atomic E-state index is 0.0709. The highest BCUT2D eigenvalue weighted by Crippen LogP contribution is 2.23. The Labute approximate surface area is 265 Å². The van der Waals surface area contributed by atoms with E-state index in [0.717, 1.165) is 36.8 Å². The summed E-state index contributed by atoms with van der Waals surface area (Å²) in [4.78, 5) is 33.4. The van der Waals surface area contributed by atoms with E-state index in [2.05, 4.69) is 19.1 Å². The fourth-order valence-electron chi connectivity index (χ4n) is 2.91. The van der Waals surface area contributed by atoms with Gasteiger partial charge in [-0.1, -0.05) is 64.4 Å². The molecule has 8 heteroatoms. The zero-order chi connectivity index (χ0) is 33.8. The van der Waals surface area contributed by atoms with Crippen LogP contribution >= 0.6 is 0 Å². The van der Waals surface area contributed by atoms with E-state index in [4.69, 9.17) is 24.1 Å². The SMILES string of the molecule is CCC(C)(C)C(=O)O.CCC(C)(C)C(=O)OCCOCCOc1ccc2ccccc2c1.CCCCOC(=O)C(C)(C)CC. The van der Waals surface area contributed by atoms with Crippen LogP contribution in [0.3, 0.4) is 0 Å². The van der Waals surface area contributed by atoms with Gasteiger partial charge in [-0.2, -0.15) is 0 Å². The van der Waals surface area contributed by atoms with Crippen LogP contribution in [0.1, 0.15) is 101 Å². The van der Waals surface area contributed by atoms with Gasteiger partial charge in [-0.25, -0.2) is 0 Å². The minimum Gasteiger partial charge on any atom is -0.491 e. The second kappa shape index (κ2) is 20.8. The zero-order valence-electron chi connectivity index (χ0n) is 28.9. The molecule has 0 saturated carbocycles. The van der Waals surface area contributed by atoms with E-state index < -0.39 is 16.8 Å². The Morgan fingerprint density at radius 1 is 0.636 bits per heavy atom. The second-order valence-corrected chi connectivity index (χ2v) is 12.6. The molecule has 2 aromatic rings. The smallest absolute Gasteiger partial charge is 0.311 e. The van der Waals surface area contributed by atoms with Gasteiger partial charge in [0.15, 0.2) is 0 Å². The number of esters is 2. The predicted molar refractivity (Wildman–Crippen MR) is 177 cm³/mol. The van der Waals surface area contributed by atoms with Crippen LogP contribution in [-0.4, -0.2) is 56.0 Å². The van der Waals surface area contributed by atoms with E-state index in [9.17, 15) is 14.4 Å². The monoisotopic (exact) mass is 618 g/mol. The minimum atomic E-state index is -0.722. The molecule has 2 aromatic carbocycles. The number of unbranched alkanes of at least 4 members (excludes halogenated alkanes) is 1. The molecule has 0 aromatic heterocycles. The van der Waals surface area contributed by atoms with Crippen molar-refractivity contribution in [1.82, 2.24) is 0 Å². The van der Waals surface area contributed by atoms with Crippen molar-refractivity contribution in [2.45, 2.75) is 101 Å². The zero-order valence-corrected chi connectivity index (χ0v) is 28.9. The molecule has 44 heavy (non-hydrogen) atoms. The number of carbonyl (C=O) groups excluding carboxylic acids is 2. The Morgan fingerprint density at radius 2 is 1.14 bits per heavy atom. The first-order chi connectivity index (χ1) is 20.6. The van der Waals surface area contributed by atoms with Crippen molar-refractivity contribution in [2.24, 2.45) is 16.2 Å². The Morgan fingerprint density at radius 3 is 1.61 bits per heavy atom. The van der Waals surface area contributed by atoms with E-state index in [1.54, 1.807) is 13.8 Å². The number of ether oxygens (including phenoxy) is 4. The number of rotatable bonds is 16. The summed E-state index contributed by atoms with van der Waals surface area (Å²) >= 11 is 0. The van der Waals surface area contributed by atoms with Crippen LogP contribution in [0.2, 0.25) is 0 Å². The molecule has 0 amide bonds. The number of carbonyl (C=O) groups is 3. The average molecular weight is 619 g/mol. The molecule has 0 radical (unpaired) electrons. The van der Waals surface area contributed by atoms with Crippen LogP contribution in [0.15, 0.2) is 42.5 Å². The number of aliphatic carboxylic acids is 1. The summed E-state index contributed by atoms with van der Waals surface area (Å²) in [5, 5.41) is 10.8. The van der Waals surface area contributed by atoms with Crippen LogP contribution in [-0.2, 0) is 28.6 Å². The van der Waals surface area contributed by atoms with Gasteiger partial charge in [-0.3, -0.25) is 14.4 Å². The predicted octanol–water partition coefficient (Wildman–Crippen LogP) is 8.49. The molecular formula is C36H58O8. The Balaban J connectivity index is 0.000000769. The van der Waals surface area contributed by atoms with E-state index in [0.29, 0.717) is 32.8 Å². The number of benzene rings is 2. The first-order valence-corrected chi connectivity index (χ1v) is 15.8. The van der Waals surface area contributed by atoms with E-state index in [1.165, 1.54) is 5.39 Å². The van der Waals surface area contributed by atoms with Crippen molar-refractivity contribution < 1.29 is 38.4 Å². The van der Waals surface area contributed by atoms with E-state index in [1.807, 2.05) is 78.8 Å². The van der Waals surface area contributed by atoms with Crippen molar-refractivity contribution >= 4 is 28.7 Å². The molecule has 1 N–H and O–H groups in total. The second-order valence-electron chi connectivity index (χ2n) is 12.6. The van der Waals surface area contributed by atoms with Gasteiger partial charge in [-0.15, -0.1) is 0 Å². The highest BCUT2D eigenvalue weighted by molar-refractivity contribution is 5.83. The number of carboxylic acid groups (broad SMARTS) is 1. The number of carboxylic acids is 1. The summed E-state index contributed by atoms with van der Waals surface area (Å²) in [7, 11) is 0. The van der Waals surface area contributed by atoms with Gasteiger partial charge < -0.3 is 24.1 Å². The molecule has 0 aliphatic carbocycles. The van der Waals surface area contributed by atoms with Gasteiger partial charge in [0.25, 0.3) is 0 Å². The number of hydrogen-bond donors (Lipinski definition) is 1. The van der Waals surface area contributed by atoms with Gasteiger partial charge in [0, 0.05) is 0 Å². The lowest BCUT2D eigenvalue weighted by Crippen LogP contribution is -2.27. The summed E-state index contributed by atoms with van der Waals surface area (Å²) in [5.74, 6) is -0.145. The highest BCUT2D eigenvalue weighted by Gasteiger charge is 2.27. The fourth-order valence-corrected chi connectivity index (χ4v) is 2.91. The van der Waals surface area contributed by atoms with Crippen molar-refractivity contribution in [2.75, 3.05) is 33.0 Å². The third kappa shape index (κ3) is 16.1. The lowest BCUT2D eigenvalue weighted by Gasteiger charge is -2.20. The quantitative estimate of drug-likeness (QED) is 0.147. The molecule has 0 unspecified atom stereocenters. The Bertz CT molecular complexity index is 1120. The van der Waals surface area contributed by atoms with Gasteiger partial charge in [0.1, 0.15) is 19.0 Å². The topological polar surface area (TPSA) is 108 Å². The molecule has 0 saturated heterocycles. The lowest BCUT2D eigenvalue weighted by molar-refractivity contribution is -0.156. The molecule has 0 bridgehead atoms. The summed E-state index contributed by atoms with van der Waals surface area (Å²) in [6, 6.07) is 14.2. The van der Waals surface area contributed by atoms with Crippen LogP contribution in [0, 0.1) is 16.2 Å². The largest absolute Gasteiger partial charge is 0.491 e. The average Bonchev–Trinajstić information content (AvgIpc) is 3.00. The molecule has 0 aliphatic heterocycles. The summed E-state index contributed by atoms with van der Waals surface area (Å²) in [6.07, 6.45) is 4.30. The van der Waals surface area contributed by atoms with Crippen LogP contribution in [0.25, 0.3) is 10.8 Å². The Hall–Kier alpha value is -3.13. The van der Waals surface area contributed by atoms with Crippen molar-refractivity contribution in [3.8, 4) is 5.75 Å². The maximum absolute atomic E-state index is 11.8. The third-order valence-electron chi connectivity index (χ3n) is 7.74. The first-order valence-electron chi connectivity index (χ1n) is 15.8. The molecular weight excluding hydrogens is 560 g/mol. The highest BCUT2D eigenvalue weighted by atomic mass is 16.6. The molecule has 0 heterocycles. The van der Waals surface area contributed by atoms with E-state index in [-0.39, 0.29) is 24.0 Å². The first kappa shape index (κ1) is 40.9. The standard InChI is InChI=1S/C20H26O4.C10H20O2.C6H12O2/c1-4-20(2,3)19(21)24-14-12-22-11-13-23-18-10-9-16-7-5-6-8-17(16)15-18;1-5-7-8-12-9(11)10(3,4)6-2;1-4-6(2,3)5(7)8/h5-10,15H,4,11-14H2,1-3H3;5-8H2,1-4H3;4H2,1-3H3,(H,7,8). The molecule has 0 spiro atoms. The fraction of sp³-hybridized carbons (Fsp3) is 0.639. The van der Waals surface area contributed by atoms with Crippen molar-refractivity contribution in [3.05, 3.63) is 42.5 Å². The van der Waals surface area contributed by atoms with E-state index >= 15 is 0 Å². The molecule has 2 rings (SSSR count). The molecule has 0 aliphatic rings. The lowest BCUT2D eigenvalue weighted by atomic mass is 9.91. The van der Waals surface area contributed by atoms with Crippen LogP contribution in [0.5, 0.6) is 5.75 Å².